The predicted molar refractivity (Wildman–Crippen MR) is 58.1 cm³/mol. The number of rotatable bonds is 4. The van der Waals surface area contributed by atoms with Gasteiger partial charge < -0.3 is 21.3 Å². The molecule has 5 N–H and O–H groups in total. The van der Waals surface area contributed by atoms with Gasteiger partial charge in [-0.3, -0.25) is 4.79 Å². The molecule has 0 aliphatic carbocycles. The number of nitrogens with two attached hydrogens (primary N) is 1. The molecule has 5 nitrogen and oxygen atoms in total. The van der Waals surface area contributed by atoms with Crippen LogP contribution < -0.4 is 11.1 Å². The zero-order valence-corrected chi connectivity index (χ0v) is 9.87. The molecule has 0 spiro atoms. The Bertz CT molecular complexity index is 221. The van der Waals surface area contributed by atoms with Gasteiger partial charge in [0.1, 0.15) is 5.60 Å². The number of nitrogens with one attached hydrogen (secondary N) is 1. The lowest BCUT2D eigenvalue weighted by Gasteiger charge is -2.28. The summed E-state index contributed by atoms with van der Waals surface area (Å²) >= 11 is 0. The van der Waals surface area contributed by atoms with Gasteiger partial charge in [0, 0.05) is 6.54 Å². The van der Waals surface area contributed by atoms with E-state index in [2.05, 4.69) is 5.32 Å². The summed E-state index contributed by atoms with van der Waals surface area (Å²) in [6, 6.07) is -0.632. The van der Waals surface area contributed by atoms with Crippen molar-refractivity contribution < 1.29 is 15.0 Å². The van der Waals surface area contributed by atoms with Gasteiger partial charge in [0.2, 0.25) is 5.91 Å². The van der Waals surface area contributed by atoms with Crippen LogP contribution in [0.3, 0.4) is 0 Å². The van der Waals surface area contributed by atoms with Gasteiger partial charge in [-0.1, -0.05) is 20.8 Å². The van der Waals surface area contributed by atoms with Crippen molar-refractivity contribution in [1.82, 2.24) is 5.32 Å². The van der Waals surface area contributed by atoms with Crippen LogP contribution in [-0.4, -0.2) is 40.9 Å². The van der Waals surface area contributed by atoms with Crippen molar-refractivity contribution in [1.29, 1.82) is 0 Å². The Morgan fingerprint density at radius 3 is 2.20 bits per heavy atom. The molecule has 0 fully saturated rings. The number of amides is 1. The van der Waals surface area contributed by atoms with Crippen molar-refractivity contribution in [3.8, 4) is 0 Å². The summed E-state index contributed by atoms with van der Waals surface area (Å²) in [6.45, 7) is 6.62. The van der Waals surface area contributed by atoms with Gasteiger partial charge in [-0.05, 0) is 12.3 Å². The van der Waals surface area contributed by atoms with Crippen molar-refractivity contribution in [2.75, 3.05) is 13.2 Å². The second kappa shape index (κ2) is 4.92. The van der Waals surface area contributed by atoms with Crippen molar-refractivity contribution in [2.24, 2.45) is 11.1 Å². The van der Waals surface area contributed by atoms with Crippen molar-refractivity contribution >= 4 is 5.91 Å². The Kier molecular flexibility index (Phi) is 4.70. The molecule has 0 aromatic carbocycles. The fourth-order valence-corrected chi connectivity index (χ4v) is 0.837. The molecule has 5 heteroatoms. The molecule has 1 amide bonds. The number of aliphatic hydroxyl groups is 2. The van der Waals surface area contributed by atoms with Gasteiger partial charge in [-0.15, -0.1) is 0 Å². The Labute approximate surface area is 90.7 Å². The SMILES string of the molecule is CC(O)(CO)CNC(=O)C(N)C(C)(C)C. The highest BCUT2D eigenvalue weighted by Gasteiger charge is 2.29. The van der Waals surface area contributed by atoms with E-state index in [1.54, 1.807) is 0 Å². The fourth-order valence-electron chi connectivity index (χ4n) is 0.837. The van der Waals surface area contributed by atoms with Gasteiger partial charge in [0.05, 0.1) is 12.6 Å². The topological polar surface area (TPSA) is 95.6 Å². The van der Waals surface area contributed by atoms with Crippen molar-refractivity contribution in [2.45, 2.75) is 39.3 Å². The smallest absolute Gasteiger partial charge is 0.237 e. The summed E-state index contributed by atoms with van der Waals surface area (Å²) in [6.07, 6.45) is 0. The largest absolute Gasteiger partial charge is 0.393 e. The van der Waals surface area contributed by atoms with E-state index in [0.29, 0.717) is 0 Å². The maximum Gasteiger partial charge on any atom is 0.237 e. The van der Waals surface area contributed by atoms with E-state index in [-0.39, 0.29) is 17.9 Å². The Morgan fingerprint density at radius 2 is 1.87 bits per heavy atom. The van der Waals surface area contributed by atoms with Gasteiger partial charge in [-0.2, -0.15) is 0 Å². The van der Waals surface area contributed by atoms with Gasteiger partial charge in [-0.25, -0.2) is 0 Å². The molecule has 0 saturated heterocycles. The molecule has 0 heterocycles. The monoisotopic (exact) mass is 218 g/mol. The molecule has 90 valence electrons. The molecule has 0 aliphatic rings. The van der Waals surface area contributed by atoms with Crippen LogP contribution in [0.2, 0.25) is 0 Å². The zero-order valence-electron chi connectivity index (χ0n) is 9.87. The molecule has 0 radical (unpaired) electrons. The van der Waals surface area contributed by atoms with E-state index in [4.69, 9.17) is 10.8 Å². The summed E-state index contributed by atoms with van der Waals surface area (Å²) < 4.78 is 0. The van der Waals surface area contributed by atoms with Crippen LogP contribution in [0.25, 0.3) is 0 Å². The molecule has 0 rings (SSSR count). The lowest BCUT2D eigenvalue weighted by atomic mass is 9.87. The Hall–Kier alpha value is -0.650. The van der Waals surface area contributed by atoms with E-state index < -0.39 is 18.2 Å². The van der Waals surface area contributed by atoms with E-state index in [1.807, 2.05) is 20.8 Å². The Morgan fingerprint density at radius 1 is 1.40 bits per heavy atom. The van der Waals surface area contributed by atoms with Crippen LogP contribution >= 0.6 is 0 Å². The van der Waals surface area contributed by atoms with Crippen LogP contribution in [0.4, 0.5) is 0 Å². The maximum atomic E-state index is 11.5. The molecular weight excluding hydrogens is 196 g/mol. The lowest BCUT2D eigenvalue weighted by Crippen LogP contribution is -2.52. The molecule has 0 aliphatic heterocycles. The second-order valence-electron chi connectivity index (χ2n) is 5.22. The fraction of sp³-hybridized carbons (Fsp3) is 0.900. The predicted octanol–water partition coefficient (Wildman–Crippen LogP) is -0.781. The molecule has 0 saturated carbocycles. The third kappa shape index (κ3) is 5.11. The molecule has 0 aromatic heterocycles. The third-order valence-electron chi connectivity index (χ3n) is 2.20. The van der Waals surface area contributed by atoms with E-state index in [1.165, 1.54) is 6.92 Å². The second-order valence-corrected chi connectivity index (χ2v) is 5.22. The molecule has 0 aromatic rings. The van der Waals surface area contributed by atoms with Crippen LogP contribution in [-0.2, 0) is 4.79 Å². The van der Waals surface area contributed by atoms with Crippen molar-refractivity contribution in [3.05, 3.63) is 0 Å². The number of carbonyl (C=O) groups excluding carboxylic acids is 1. The first kappa shape index (κ1) is 14.3. The highest BCUT2D eigenvalue weighted by molar-refractivity contribution is 5.82. The van der Waals surface area contributed by atoms with E-state index in [0.717, 1.165) is 0 Å². The summed E-state index contributed by atoms with van der Waals surface area (Å²) in [5.74, 6) is -0.323. The number of carbonyl (C=O) groups is 1. The average molecular weight is 218 g/mol. The molecule has 0 bridgehead atoms. The standard InChI is InChI=1S/C10H22N2O3/c1-9(2,3)7(11)8(14)12-5-10(4,15)6-13/h7,13,15H,5-6,11H2,1-4H3,(H,12,14). The first-order valence-electron chi connectivity index (χ1n) is 4.97. The molecule has 2 unspecified atom stereocenters. The number of aliphatic hydroxyl groups excluding tert-OH is 1. The van der Waals surface area contributed by atoms with Crippen LogP contribution in [0, 0.1) is 5.41 Å². The highest BCUT2D eigenvalue weighted by atomic mass is 16.3. The summed E-state index contributed by atoms with van der Waals surface area (Å²) in [5.41, 5.74) is 4.09. The first-order valence-corrected chi connectivity index (χ1v) is 4.97. The molecular formula is C10H22N2O3. The third-order valence-corrected chi connectivity index (χ3v) is 2.20. The van der Waals surface area contributed by atoms with Crippen LogP contribution in [0.1, 0.15) is 27.7 Å². The summed E-state index contributed by atoms with van der Waals surface area (Å²) in [5, 5.41) is 20.7. The summed E-state index contributed by atoms with van der Waals surface area (Å²) in [7, 11) is 0. The first-order chi connectivity index (χ1) is 6.60. The van der Waals surface area contributed by atoms with Crippen LogP contribution in [0.15, 0.2) is 0 Å². The normalized spacial score (nSPS) is 18.1. The van der Waals surface area contributed by atoms with Gasteiger partial charge >= 0.3 is 0 Å². The molecule has 2 atom stereocenters. The lowest BCUT2D eigenvalue weighted by molar-refractivity contribution is -0.126. The average Bonchev–Trinajstić information content (AvgIpc) is 2.11. The van der Waals surface area contributed by atoms with Gasteiger partial charge in [0.15, 0.2) is 0 Å². The zero-order chi connectivity index (χ0) is 12.3. The van der Waals surface area contributed by atoms with E-state index >= 15 is 0 Å². The minimum absolute atomic E-state index is 0.00782. The maximum absolute atomic E-state index is 11.5. The summed E-state index contributed by atoms with van der Waals surface area (Å²) in [4.78, 5) is 11.5. The Balaban J connectivity index is 4.17. The van der Waals surface area contributed by atoms with Gasteiger partial charge in [0.25, 0.3) is 0 Å². The molecule has 15 heavy (non-hydrogen) atoms. The highest BCUT2D eigenvalue weighted by Crippen LogP contribution is 2.17. The quantitative estimate of drug-likeness (QED) is 0.498. The minimum atomic E-state index is -1.30. The van der Waals surface area contributed by atoms with E-state index in [9.17, 15) is 9.90 Å². The van der Waals surface area contributed by atoms with Crippen LogP contribution in [0.5, 0.6) is 0 Å². The minimum Gasteiger partial charge on any atom is -0.393 e. The number of hydrogen-bond acceptors (Lipinski definition) is 4. The number of hydrogen-bond donors (Lipinski definition) is 4. The van der Waals surface area contributed by atoms with Crippen molar-refractivity contribution in [3.63, 3.8) is 0 Å².